The summed E-state index contributed by atoms with van der Waals surface area (Å²) >= 11 is 0. The second-order valence-corrected chi connectivity index (χ2v) is 4.44. The number of halogens is 2. The molecule has 0 saturated heterocycles. The van der Waals surface area contributed by atoms with Crippen molar-refractivity contribution in [2.24, 2.45) is 0 Å². The molecule has 2 rings (SSSR count). The Balaban J connectivity index is 2.09. The highest BCUT2D eigenvalue weighted by Gasteiger charge is 2.10. The normalized spacial score (nSPS) is 10.3. The third-order valence-corrected chi connectivity index (χ3v) is 2.93. The second kappa shape index (κ2) is 5.69. The lowest BCUT2D eigenvalue weighted by atomic mass is 10.1. The van der Waals surface area contributed by atoms with Gasteiger partial charge in [-0.15, -0.1) is 0 Å². The lowest BCUT2D eigenvalue weighted by Crippen LogP contribution is -2.04. The summed E-state index contributed by atoms with van der Waals surface area (Å²) in [4.78, 5) is 10.7. The van der Waals surface area contributed by atoms with Gasteiger partial charge in [-0.2, -0.15) is 0 Å². The van der Waals surface area contributed by atoms with Crippen molar-refractivity contribution in [2.45, 2.75) is 13.5 Å². The molecule has 0 radical (unpaired) electrons. The molecule has 0 amide bonds. The van der Waals surface area contributed by atoms with Gasteiger partial charge in [0.15, 0.2) is 0 Å². The van der Waals surface area contributed by atoms with Gasteiger partial charge in [-0.3, -0.25) is 0 Å². The van der Waals surface area contributed by atoms with Crippen molar-refractivity contribution in [1.82, 2.24) is 0 Å². The number of carboxylic acids is 1. The fraction of sp³-hybridized carbons (Fsp3) is 0.133. The zero-order valence-electron chi connectivity index (χ0n) is 10.8. The zero-order valence-corrected chi connectivity index (χ0v) is 10.8. The Kier molecular flexibility index (Phi) is 3.98. The van der Waals surface area contributed by atoms with E-state index in [0.717, 1.165) is 6.07 Å². The van der Waals surface area contributed by atoms with Gasteiger partial charge in [0.05, 0.1) is 5.56 Å². The Morgan fingerprint density at radius 3 is 2.50 bits per heavy atom. The molecule has 0 aliphatic rings. The zero-order chi connectivity index (χ0) is 14.7. The van der Waals surface area contributed by atoms with Crippen LogP contribution in [-0.4, -0.2) is 11.1 Å². The van der Waals surface area contributed by atoms with Crippen LogP contribution in [0.2, 0.25) is 0 Å². The van der Waals surface area contributed by atoms with E-state index in [4.69, 9.17) is 5.11 Å². The third kappa shape index (κ3) is 3.12. The smallest absolute Gasteiger partial charge is 0.338 e. The number of benzene rings is 2. The van der Waals surface area contributed by atoms with Crippen molar-refractivity contribution in [2.75, 3.05) is 5.32 Å². The molecule has 0 saturated carbocycles. The molecule has 104 valence electrons. The van der Waals surface area contributed by atoms with E-state index in [1.54, 1.807) is 19.1 Å². The molecule has 0 aliphatic heterocycles. The van der Waals surface area contributed by atoms with Crippen LogP contribution in [0.4, 0.5) is 14.5 Å². The molecule has 2 aromatic rings. The first-order chi connectivity index (χ1) is 9.47. The van der Waals surface area contributed by atoms with Crippen LogP contribution in [0.1, 0.15) is 21.5 Å². The summed E-state index contributed by atoms with van der Waals surface area (Å²) < 4.78 is 26.8. The molecule has 0 aromatic heterocycles. The van der Waals surface area contributed by atoms with Crippen LogP contribution < -0.4 is 5.32 Å². The maximum absolute atomic E-state index is 13.5. The number of rotatable bonds is 4. The van der Waals surface area contributed by atoms with Gasteiger partial charge >= 0.3 is 5.97 Å². The van der Waals surface area contributed by atoms with Crippen LogP contribution in [0.5, 0.6) is 0 Å². The van der Waals surface area contributed by atoms with E-state index in [9.17, 15) is 13.6 Å². The Hall–Kier alpha value is -2.43. The lowest BCUT2D eigenvalue weighted by molar-refractivity contribution is 0.0692. The van der Waals surface area contributed by atoms with Gasteiger partial charge in [0.2, 0.25) is 0 Å². The Labute approximate surface area is 114 Å². The maximum Gasteiger partial charge on any atom is 0.338 e. The summed E-state index contributed by atoms with van der Waals surface area (Å²) in [7, 11) is 0. The van der Waals surface area contributed by atoms with Gasteiger partial charge in [0.1, 0.15) is 11.6 Å². The van der Waals surface area contributed by atoms with E-state index in [2.05, 4.69) is 5.32 Å². The summed E-state index contributed by atoms with van der Waals surface area (Å²) in [5, 5.41) is 11.7. The lowest BCUT2D eigenvalue weighted by Gasteiger charge is -2.08. The third-order valence-electron chi connectivity index (χ3n) is 2.93. The predicted molar refractivity (Wildman–Crippen MR) is 71.8 cm³/mol. The average molecular weight is 277 g/mol. The summed E-state index contributed by atoms with van der Waals surface area (Å²) in [5.41, 5.74) is 1.34. The number of carbonyl (C=O) groups is 1. The van der Waals surface area contributed by atoms with Gasteiger partial charge < -0.3 is 10.4 Å². The first-order valence-corrected chi connectivity index (χ1v) is 5.99. The molecule has 2 N–H and O–H groups in total. The van der Waals surface area contributed by atoms with E-state index in [1.807, 2.05) is 0 Å². The van der Waals surface area contributed by atoms with Crippen LogP contribution >= 0.6 is 0 Å². The van der Waals surface area contributed by atoms with Crippen molar-refractivity contribution < 1.29 is 18.7 Å². The Morgan fingerprint density at radius 1 is 1.15 bits per heavy atom. The standard InChI is InChI=1S/C15H13F2NO2/c1-9-2-4-11(7-13(9)16)18-8-10-3-5-12(15(19)20)14(17)6-10/h2-7,18H,8H2,1H3,(H,19,20). The van der Waals surface area contributed by atoms with Crippen molar-refractivity contribution in [3.8, 4) is 0 Å². The second-order valence-electron chi connectivity index (χ2n) is 4.44. The first kappa shape index (κ1) is 14.0. The monoisotopic (exact) mass is 277 g/mol. The summed E-state index contributed by atoms with van der Waals surface area (Å²) in [5.74, 6) is -2.41. The Morgan fingerprint density at radius 2 is 1.90 bits per heavy atom. The molecule has 5 heteroatoms. The summed E-state index contributed by atoms with van der Waals surface area (Å²) in [6.45, 7) is 1.94. The highest BCUT2D eigenvalue weighted by Crippen LogP contribution is 2.16. The topological polar surface area (TPSA) is 49.3 Å². The SMILES string of the molecule is Cc1ccc(NCc2ccc(C(=O)O)c(F)c2)cc1F. The van der Waals surface area contributed by atoms with E-state index >= 15 is 0 Å². The van der Waals surface area contributed by atoms with Gasteiger partial charge in [-0.25, -0.2) is 13.6 Å². The van der Waals surface area contributed by atoms with Gasteiger partial charge in [0, 0.05) is 12.2 Å². The van der Waals surface area contributed by atoms with Crippen LogP contribution in [0.25, 0.3) is 0 Å². The molecule has 0 spiro atoms. The minimum atomic E-state index is -1.30. The van der Waals surface area contributed by atoms with E-state index < -0.39 is 11.8 Å². The highest BCUT2D eigenvalue weighted by molar-refractivity contribution is 5.87. The maximum atomic E-state index is 13.5. The number of anilines is 1. The Bertz CT molecular complexity index is 656. The van der Waals surface area contributed by atoms with E-state index in [0.29, 0.717) is 16.8 Å². The molecule has 0 heterocycles. The molecular weight excluding hydrogens is 264 g/mol. The molecule has 3 nitrogen and oxygen atoms in total. The van der Waals surface area contributed by atoms with Crippen molar-refractivity contribution >= 4 is 11.7 Å². The molecule has 0 aliphatic carbocycles. The van der Waals surface area contributed by atoms with Crippen molar-refractivity contribution in [1.29, 1.82) is 0 Å². The minimum Gasteiger partial charge on any atom is -0.478 e. The molecule has 20 heavy (non-hydrogen) atoms. The van der Waals surface area contributed by atoms with Gasteiger partial charge in [-0.05, 0) is 42.3 Å². The first-order valence-electron chi connectivity index (χ1n) is 5.99. The molecule has 0 atom stereocenters. The average Bonchev–Trinajstić information content (AvgIpc) is 2.40. The predicted octanol–water partition coefficient (Wildman–Crippen LogP) is 3.58. The van der Waals surface area contributed by atoms with Gasteiger partial charge in [-0.1, -0.05) is 12.1 Å². The summed E-state index contributed by atoms with van der Waals surface area (Å²) in [6.07, 6.45) is 0. The molecule has 2 aromatic carbocycles. The number of hydrogen-bond acceptors (Lipinski definition) is 2. The fourth-order valence-electron chi connectivity index (χ4n) is 1.75. The molecule has 0 fully saturated rings. The fourth-order valence-corrected chi connectivity index (χ4v) is 1.75. The number of aryl methyl sites for hydroxylation is 1. The summed E-state index contributed by atoms with van der Waals surface area (Å²) in [6, 6.07) is 8.61. The van der Waals surface area contributed by atoms with Crippen LogP contribution in [0.3, 0.4) is 0 Å². The van der Waals surface area contributed by atoms with Crippen LogP contribution in [0, 0.1) is 18.6 Å². The minimum absolute atomic E-state index is 0.277. The number of nitrogens with one attached hydrogen (secondary N) is 1. The number of carboxylic acid groups (broad SMARTS) is 1. The van der Waals surface area contributed by atoms with E-state index in [-0.39, 0.29) is 17.9 Å². The quantitative estimate of drug-likeness (QED) is 0.898. The van der Waals surface area contributed by atoms with Crippen molar-refractivity contribution in [3.05, 3.63) is 64.7 Å². The number of aromatic carboxylic acids is 1. The van der Waals surface area contributed by atoms with Crippen LogP contribution in [-0.2, 0) is 6.54 Å². The van der Waals surface area contributed by atoms with E-state index in [1.165, 1.54) is 18.2 Å². The largest absolute Gasteiger partial charge is 0.478 e. The van der Waals surface area contributed by atoms with Crippen molar-refractivity contribution in [3.63, 3.8) is 0 Å². The molecule has 0 bridgehead atoms. The molecule has 0 unspecified atom stereocenters. The molecular formula is C15H13F2NO2. The number of hydrogen-bond donors (Lipinski definition) is 2. The van der Waals surface area contributed by atoms with Gasteiger partial charge in [0.25, 0.3) is 0 Å². The van der Waals surface area contributed by atoms with Crippen LogP contribution in [0.15, 0.2) is 36.4 Å². The highest BCUT2D eigenvalue weighted by atomic mass is 19.1.